The minimum atomic E-state index is -1.00. The van der Waals surface area contributed by atoms with Crippen LogP contribution in [0.1, 0.15) is 31.9 Å². The average molecular weight is 322 g/mol. The molecule has 0 saturated carbocycles. The maximum absolute atomic E-state index is 12.0. The monoisotopic (exact) mass is 322 g/mol. The molecule has 1 atom stereocenters. The zero-order valence-corrected chi connectivity index (χ0v) is 13.1. The Balaban J connectivity index is 1.92. The molecule has 1 amide bonds. The number of hydrogen-bond donors (Lipinski definition) is 2. The SMILES string of the molecule is CCCCC(NC(=O)Cc1csc(-c2ccoc2)n1)C(=O)O. The number of amides is 1. The lowest BCUT2D eigenvalue weighted by Gasteiger charge is -2.13. The number of aliphatic carboxylic acids is 1. The van der Waals surface area contributed by atoms with Crippen LogP contribution in [0.25, 0.3) is 10.6 Å². The quantitative estimate of drug-likeness (QED) is 0.779. The third-order valence-electron chi connectivity index (χ3n) is 3.14. The largest absolute Gasteiger partial charge is 0.480 e. The van der Waals surface area contributed by atoms with E-state index in [-0.39, 0.29) is 12.3 Å². The molecule has 118 valence electrons. The highest BCUT2D eigenvalue weighted by Gasteiger charge is 2.20. The second kappa shape index (κ2) is 7.74. The van der Waals surface area contributed by atoms with E-state index in [0.717, 1.165) is 23.4 Å². The Morgan fingerprint density at radius 1 is 1.50 bits per heavy atom. The third kappa shape index (κ3) is 4.42. The van der Waals surface area contributed by atoms with Crippen molar-refractivity contribution in [3.8, 4) is 10.6 Å². The molecule has 0 aliphatic rings. The molecule has 2 rings (SSSR count). The van der Waals surface area contributed by atoms with Gasteiger partial charge in [0.05, 0.1) is 18.4 Å². The Hall–Kier alpha value is -2.15. The van der Waals surface area contributed by atoms with Gasteiger partial charge in [-0.3, -0.25) is 4.79 Å². The molecule has 0 bridgehead atoms. The van der Waals surface area contributed by atoms with Gasteiger partial charge in [0.15, 0.2) is 0 Å². The first-order valence-corrected chi connectivity index (χ1v) is 7.97. The molecule has 0 radical (unpaired) electrons. The second-order valence-corrected chi connectivity index (χ2v) is 5.79. The van der Waals surface area contributed by atoms with Gasteiger partial charge < -0.3 is 14.8 Å². The van der Waals surface area contributed by atoms with Crippen molar-refractivity contribution in [1.82, 2.24) is 10.3 Å². The lowest BCUT2D eigenvalue weighted by Crippen LogP contribution is -2.41. The molecule has 0 aliphatic carbocycles. The van der Waals surface area contributed by atoms with Gasteiger partial charge in [-0.2, -0.15) is 0 Å². The third-order valence-corrected chi connectivity index (χ3v) is 4.08. The molecular formula is C15H18N2O4S. The molecular weight excluding hydrogens is 304 g/mol. The molecule has 2 heterocycles. The molecule has 2 N–H and O–H groups in total. The van der Waals surface area contributed by atoms with Crippen LogP contribution in [0, 0.1) is 0 Å². The summed E-state index contributed by atoms with van der Waals surface area (Å²) in [4.78, 5) is 27.4. The van der Waals surface area contributed by atoms with Crippen molar-refractivity contribution in [2.45, 2.75) is 38.6 Å². The van der Waals surface area contributed by atoms with Gasteiger partial charge in [-0.05, 0) is 12.5 Å². The van der Waals surface area contributed by atoms with Crippen LogP contribution in [-0.4, -0.2) is 28.0 Å². The van der Waals surface area contributed by atoms with E-state index in [0.29, 0.717) is 12.1 Å². The van der Waals surface area contributed by atoms with E-state index in [1.54, 1.807) is 24.0 Å². The number of carboxylic acid groups (broad SMARTS) is 1. The van der Waals surface area contributed by atoms with Gasteiger partial charge in [0.1, 0.15) is 17.3 Å². The molecule has 0 aromatic carbocycles. The van der Waals surface area contributed by atoms with E-state index in [1.807, 2.05) is 6.92 Å². The Bertz CT molecular complexity index is 621. The molecule has 22 heavy (non-hydrogen) atoms. The van der Waals surface area contributed by atoms with Crippen LogP contribution in [0.3, 0.4) is 0 Å². The highest BCUT2D eigenvalue weighted by molar-refractivity contribution is 7.13. The Morgan fingerprint density at radius 3 is 2.95 bits per heavy atom. The number of furan rings is 1. The molecule has 0 saturated heterocycles. The topological polar surface area (TPSA) is 92.4 Å². The van der Waals surface area contributed by atoms with Gasteiger partial charge >= 0.3 is 5.97 Å². The lowest BCUT2D eigenvalue weighted by atomic mass is 10.1. The van der Waals surface area contributed by atoms with Crippen LogP contribution >= 0.6 is 11.3 Å². The van der Waals surface area contributed by atoms with Gasteiger partial charge in [0, 0.05) is 10.9 Å². The first-order valence-electron chi connectivity index (χ1n) is 7.09. The minimum Gasteiger partial charge on any atom is -0.480 e. The fraction of sp³-hybridized carbons (Fsp3) is 0.400. The second-order valence-electron chi connectivity index (χ2n) is 4.93. The van der Waals surface area contributed by atoms with Crippen molar-refractivity contribution in [1.29, 1.82) is 0 Å². The van der Waals surface area contributed by atoms with Crippen LogP contribution in [-0.2, 0) is 16.0 Å². The number of thiazole rings is 1. The number of nitrogens with zero attached hydrogens (tertiary/aromatic N) is 1. The van der Waals surface area contributed by atoms with Gasteiger partial charge in [-0.25, -0.2) is 9.78 Å². The fourth-order valence-electron chi connectivity index (χ4n) is 1.98. The summed E-state index contributed by atoms with van der Waals surface area (Å²) in [5.41, 5.74) is 1.49. The Labute approximate surface area is 132 Å². The Morgan fingerprint density at radius 2 is 2.32 bits per heavy atom. The van der Waals surface area contributed by atoms with Crippen molar-refractivity contribution in [2.24, 2.45) is 0 Å². The standard InChI is InChI=1S/C15H18N2O4S/c1-2-3-4-12(15(19)20)17-13(18)7-11-9-22-14(16-11)10-5-6-21-8-10/h5-6,8-9,12H,2-4,7H2,1H3,(H,17,18)(H,19,20). The summed E-state index contributed by atoms with van der Waals surface area (Å²) in [6.07, 6.45) is 5.32. The summed E-state index contributed by atoms with van der Waals surface area (Å²) in [6, 6.07) is 0.966. The van der Waals surface area contributed by atoms with Crippen LogP contribution in [0.5, 0.6) is 0 Å². The highest BCUT2D eigenvalue weighted by Crippen LogP contribution is 2.24. The molecule has 2 aromatic heterocycles. The number of nitrogens with one attached hydrogen (secondary N) is 1. The Kier molecular flexibility index (Phi) is 5.71. The van der Waals surface area contributed by atoms with Crippen LogP contribution in [0.4, 0.5) is 0 Å². The van der Waals surface area contributed by atoms with Crippen molar-refractivity contribution in [2.75, 3.05) is 0 Å². The predicted molar refractivity (Wildman–Crippen MR) is 82.6 cm³/mol. The molecule has 6 nitrogen and oxygen atoms in total. The van der Waals surface area contributed by atoms with Crippen LogP contribution in [0.2, 0.25) is 0 Å². The fourth-order valence-corrected chi connectivity index (χ4v) is 2.79. The van der Waals surface area contributed by atoms with E-state index in [2.05, 4.69) is 10.3 Å². The normalized spacial score (nSPS) is 12.0. The number of carbonyl (C=O) groups is 2. The summed E-state index contributed by atoms with van der Waals surface area (Å²) >= 11 is 1.42. The lowest BCUT2D eigenvalue weighted by molar-refractivity contribution is -0.142. The summed E-state index contributed by atoms with van der Waals surface area (Å²) < 4.78 is 5.00. The first-order chi connectivity index (χ1) is 10.6. The molecule has 1 unspecified atom stereocenters. The first kappa shape index (κ1) is 16.2. The summed E-state index contributed by atoms with van der Waals surface area (Å²) in [6.45, 7) is 1.98. The maximum Gasteiger partial charge on any atom is 0.326 e. The number of unbranched alkanes of at least 4 members (excludes halogenated alkanes) is 1. The summed E-state index contributed by atoms with van der Waals surface area (Å²) in [5, 5.41) is 14.2. The molecule has 7 heteroatoms. The smallest absolute Gasteiger partial charge is 0.326 e. The zero-order chi connectivity index (χ0) is 15.9. The van der Waals surface area contributed by atoms with E-state index < -0.39 is 12.0 Å². The van der Waals surface area contributed by atoms with Crippen molar-refractivity contribution in [3.63, 3.8) is 0 Å². The summed E-state index contributed by atoms with van der Waals surface area (Å²) in [5.74, 6) is -1.33. The van der Waals surface area contributed by atoms with Crippen molar-refractivity contribution >= 4 is 23.2 Å². The van der Waals surface area contributed by atoms with Crippen LogP contribution in [0.15, 0.2) is 28.4 Å². The van der Waals surface area contributed by atoms with Gasteiger partial charge in [0.2, 0.25) is 5.91 Å². The highest BCUT2D eigenvalue weighted by atomic mass is 32.1. The predicted octanol–water partition coefficient (Wildman–Crippen LogP) is 2.71. The van der Waals surface area contributed by atoms with E-state index in [1.165, 1.54) is 11.3 Å². The van der Waals surface area contributed by atoms with Gasteiger partial charge in [-0.15, -0.1) is 11.3 Å². The maximum atomic E-state index is 12.0. The van der Waals surface area contributed by atoms with E-state index in [4.69, 9.17) is 9.52 Å². The number of hydrogen-bond acceptors (Lipinski definition) is 5. The number of rotatable bonds is 8. The molecule has 0 spiro atoms. The van der Waals surface area contributed by atoms with Gasteiger partial charge in [-0.1, -0.05) is 19.8 Å². The van der Waals surface area contributed by atoms with Crippen LogP contribution < -0.4 is 5.32 Å². The summed E-state index contributed by atoms with van der Waals surface area (Å²) in [7, 11) is 0. The van der Waals surface area contributed by atoms with E-state index in [9.17, 15) is 9.59 Å². The van der Waals surface area contributed by atoms with Crippen molar-refractivity contribution in [3.05, 3.63) is 29.7 Å². The molecule has 0 aliphatic heterocycles. The number of aromatic nitrogens is 1. The van der Waals surface area contributed by atoms with Crippen molar-refractivity contribution < 1.29 is 19.1 Å². The number of carbonyl (C=O) groups excluding carboxylic acids is 1. The van der Waals surface area contributed by atoms with Gasteiger partial charge in [0.25, 0.3) is 0 Å². The molecule has 2 aromatic rings. The average Bonchev–Trinajstić information content (AvgIpc) is 3.13. The van der Waals surface area contributed by atoms with E-state index >= 15 is 0 Å². The minimum absolute atomic E-state index is 0.0737. The number of carboxylic acids is 1. The molecule has 0 fully saturated rings. The zero-order valence-electron chi connectivity index (χ0n) is 12.2.